The third-order valence-corrected chi connectivity index (χ3v) is 5.38. The first-order chi connectivity index (χ1) is 13.2. The first-order valence-electron chi connectivity index (χ1n) is 8.67. The minimum Gasteiger partial charge on any atom is -0.497 e. The number of thiazole rings is 1. The average Bonchev–Trinajstić information content (AvgIpc) is 3.42. The molecule has 2 aromatic heterocycles. The molecule has 0 aliphatic carbocycles. The van der Waals surface area contributed by atoms with E-state index in [9.17, 15) is 4.79 Å². The number of carbonyl (C=O) groups excluding carboxylic acids is 1. The number of rotatable bonds is 5. The highest BCUT2D eigenvalue weighted by Gasteiger charge is 2.34. The van der Waals surface area contributed by atoms with Crippen LogP contribution >= 0.6 is 11.3 Å². The van der Waals surface area contributed by atoms with E-state index in [0.29, 0.717) is 17.4 Å². The van der Waals surface area contributed by atoms with E-state index in [2.05, 4.69) is 20.5 Å². The zero-order chi connectivity index (χ0) is 18.8. The van der Waals surface area contributed by atoms with Crippen LogP contribution in [0.2, 0.25) is 0 Å². The number of likely N-dealkylation sites (tertiary alicyclic amines) is 1. The number of nitrogens with one attached hydrogen (secondary N) is 1. The number of anilines is 2. The van der Waals surface area contributed by atoms with E-state index in [-0.39, 0.29) is 11.9 Å². The first kappa shape index (κ1) is 17.5. The number of nitrogens with zero attached hydrogens (tertiary/aromatic N) is 5. The Labute approximate surface area is 160 Å². The van der Waals surface area contributed by atoms with E-state index in [0.717, 1.165) is 30.1 Å². The summed E-state index contributed by atoms with van der Waals surface area (Å²) >= 11 is 1.41. The van der Waals surface area contributed by atoms with Crippen LogP contribution in [0.15, 0.2) is 36.0 Å². The molecule has 27 heavy (non-hydrogen) atoms. The van der Waals surface area contributed by atoms with E-state index in [1.54, 1.807) is 18.8 Å². The highest BCUT2D eigenvalue weighted by atomic mass is 32.1. The van der Waals surface area contributed by atoms with E-state index in [1.807, 2.05) is 40.8 Å². The van der Waals surface area contributed by atoms with Gasteiger partial charge < -0.3 is 19.5 Å². The van der Waals surface area contributed by atoms with Gasteiger partial charge in [0.25, 0.3) is 5.91 Å². The van der Waals surface area contributed by atoms with E-state index >= 15 is 0 Å². The maximum Gasteiger partial charge on any atom is 0.274 e. The number of methoxy groups -OCH3 is 1. The van der Waals surface area contributed by atoms with Gasteiger partial charge in [-0.05, 0) is 37.1 Å². The largest absolute Gasteiger partial charge is 0.497 e. The normalized spacial score (nSPS) is 16.5. The Morgan fingerprint density at radius 1 is 1.33 bits per heavy atom. The molecule has 1 aliphatic rings. The average molecular weight is 384 g/mol. The van der Waals surface area contributed by atoms with Gasteiger partial charge in [-0.3, -0.25) is 4.79 Å². The maximum absolute atomic E-state index is 13.0. The number of hydrogen-bond donors (Lipinski definition) is 1. The second-order valence-corrected chi connectivity index (χ2v) is 7.21. The molecule has 0 bridgehead atoms. The minimum atomic E-state index is -0.0699. The topological polar surface area (TPSA) is 85.2 Å². The second-order valence-electron chi connectivity index (χ2n) is 6.35. The molecule has 3 heterocycles. The van der Waals surface area contributed by atoms with Gasteiger partial charge in [-0.2, -0.15) is 0 Å². The SMILES string of the molecule is COc1ccc(Nc2nc(C(=O)N3CCCC3c3nncn3C)cs2)cc1. The van der Waals surface area contributed by atoms with Crippen molar-refractivity contribution in [3.63, 3.8) is 0 Å². The number of aryl methyl sites for hydroxylation is 1. The van der Waals surface area contributed by atoms with E-state index < -0.39 is 0 Å². The highest BCUT2D eigenvalue weighted by molar-refractivity contribution is 7.14. The van der Waals surface area contributed by atoms with Crippen molar-refractivity contribution in [2.45, 2.75) is 18.9 Å². The van der Waals surface area contributed by atoms with Crippen molar-refractivity contribution in [2.24, 2.45) is 7.05 Å². The summed E-state index contributed by atoms with van der Waals surface area (Å²) in [6, 6.07) is 7.51. The summed E-state index contributed by atoms with van der Waals surface area (Å²) in [5, 5.41) is 13.8. The molecule has 9 heteroatoms. The fraction of sp³-hybridized carbons (Fsp3) is 0.333. The van der Waals surface area contributed by atoms with Gasteiger partial charge >= 0.3 is 0 Å². The van der Waals surface area contributed by atoms with Gasteiger partial charge in [-0.15, -0.1) is 21.5 Å². The smallest absolute Gasteiger partial charge is 0.274 e. The number of aromatic nitrogens is 4. The van der Waals surface area contributed by atoms with Gasteiger partial charge in [-0.1, -0.05) is 0 Å². The van der Waals surface area contributed by atoms with Crippen molar-refractivity contribution in [1.29, 1.82) is 0 Å². The molecule has 0 saturated carbocycles. The van der Waals surface area contributed by atoms with Crippen molar-refractivity contribution in [1.82, 2.24) is 24.6 Å². The number of amides is 1. The number of carbonyl (C=O) groups is 1. The third kappa shape index (κ3) is 3.50. The lowest BCUT2D eigenvalue weighted by atomic mass is 10.2. The molecule has 140 valence electrons. The molecule has 1 amide bonds. The molecule has 1 aliphatic heterocycles. The zero-order valence-electron chi connectivity index (χ0n) is 15.1. The quantitative estimate of drug-likeness (QED) is 0.728. The molecular weight excluding hydrogens is 364 g/mol. The molecule has 0 radical (unpaired) electrons. The van der Waals surface area contributed by atoms with Gasteiger partial charge in [0.05, 0.1) is 13.2 Å². The summed E-state index contributed by atoms with van der Waals surface area (Å²) < 4.78 is 7.03. The van der Waals surface area contributed by atoms with Crippen LogP contribution in [-0.2, 0) is 7.05 Å². The Bertz CT molecular complexity index is 935. The predicted molar refractivity (Wildman–Crippen MR) is 102 cm³/mol. The summed E-state index contributed by atoms with van der Waals surface area (Å²) in [7, 11) is 3.53. The van der Waals surface area contributed by atoms with Crippen molar-refractivity contribution >= 4 is 28.1 Å². The second kappa shape index (κ2) is 7.36. The molecule has 8 nitrogen and oxygen atoms in total. The summed E-state index contributed by atoms with van der Waals surface area (Å²) in [4.78, 5) is 19.3. The van der Waals surface area contributed by atoms with Gasteiger partial charge in [0.2, 0.25) is 0 Å². The zero-order valence-corrected chi connectivity index (χ0v) is 15.9. The molecule has 1 unspecified atom stereocenters. The van der Waals surface area contributed by atoms with Crippen LogP contribution in [0.4, 0.5) is 10.8 Å². The van der Waals surface area contributed by atoms with Crippen LogP contribution in [0, 0.1) is 0 Å². The molecule has 4 rings (SSSR count). The van der Waals surface area contributed by atoms with Crippen LogP contribution < -0.4 is 10.1 Å². The van der Waals surface area contributed by atoms with Crippen LogP contribution in [-0.4, -0.2) is 44.2 Å². The lowest BCUT2D eigenvalue weighted by molar-refractivity contribution is 0.0723. The number of ether oxygens (including phenoxy) is 1. The molecule has 1 N–H and O–H groups in total. The van der Waals surface area contributed by atoms with Gasteiger partial charge in [0.15, 0.2) is 11.0 Å². The molecule has 3 aromatic rings. The summed E-state index contributed by atoms with van der Waals surface area (Å²) in [6.45, 7) is 0.704. The lowest BCUT2D eigenvalue weighted by Gasteiger charge is -2.22. The third-order valence-electron chi connectivity index (χ3n) is 4.62. The van der Waals surface area contributed by atoms with Crippen molar-refractivity contribution in [3.05, 3.63) is 47.5 Å². The summed E-state index contributed by atoms with van der Waals surface area (Å²) in [5.74, 6) is 1.53. The molecule has 1 saturated heterocycles. The maximum atomic E-state index is 13.0. The van der Waals surface area contributed by atoms with E-state index in [1.165, 1.54) is 11.3 Å². The molecule has 1 fully saturated rings. The highest BCUT2D eigenvalue weighted by Crippen LogP contribution is 2.32. The summed E-state index contributed by atoms with van der Waals surface area (Å²) in [6.07, 6.45) is 3.50. The molecule has 0 spiro atoms. The Hall–Kier alpha value is -2.94. The standard InChI is InChI=1S/C18H20N6O2S/c1-23-11-19-22-16(23)15-4-3-9-24(15)17(25)14-10-27-18(21-14)20-12-5-7-13(26-2)8-6-12/h5-8,10-11,15H,3-4,9H2,1-2H3,(H,20,21). The van der Waals surface area contributed by atoms with Crippen LogP contribution in [0.3, 0.4) is 0 Å². The van der Waals surface area contributed by atoms with Gasteiger partial charge in [0.1, 0.15) is 17.8 Å². The first-order valence-corrected chi connectivity index (χ1v) is 9.55. The van der Waals surface area contributed by atoms with Crippen molar-refractivity contribution in [2.75, 3.05) is 19.0 Å². The lowest BCUT2D eigenvalue weighted by Crippen LogP contribution is -2.32. The number of benzene rings is 1. The van der Waals surface area contributed by atoms with Gasteiger partial charge in [0, 0.05) is 24.7 Å². The minimum absolute atomic E-state index is 0.0512. The monoisotopic (exact) mass is 384 g/mol. The summed E-state index contributed by atoms with van der Waals surface area (Å²) in [5.41, 5.74) is 1.34. The molecule has 1 atom stereocenters. The Balaban J connectivity index is 1.48. The van der Waals surface area contributed by atoms with Gasteiger partial charge in [-0.25, -0.2) is 4.98 Å². The van der Waals surface area contributed by atoms with Crippen LogP contribution in [0.5, 0.6) is 5.75 Å². The van der Waals surface area contributed by atoms with Crippen LogP contribution in [0.25, 0.3) is 0 Å². The van der Waals surface area contributed by atoms with Crippen molar-refractivity contribution in [3.8, 4) is 5.75 Å². The van der Waals surface area contributed by atoms with E-state index in [4.69, 9.17) is 4.74 Å². The Kier molecular flexibility index (Phi) is 4.76. The fourth-order valence-electron chi connectivity index (χ4n) is 3.25. The number of hydrogen-bond acceptors (Lipinski definition) is 7. The fourth-order valence-corrected chi connectivity index (χ4v) is 3.95. The Morgan fingerprint density at radius 2 is 2.15 bits per heavy atom. The predicted octanol–water partition coefficient (Wildman–Crippen LogP) is 3.00. The molecular formula is C18H20N6O2S. The Morgan fingerprint density at radius 3 is 2.85 bits per heavy atom. The van der Waals surface area contributed by atoms with Crippen LogP contribution in [0.1, 0.15) is 35.2 Å². The molecule has 1 aromatic carbocycles. The van der Waals surface area contributed by atoms with Crippen molar-refractivity contribution < 1.29 is 9.53 Å².